The van der Waals surface area contributed by atoms with Gasteiger partial charge in [0, 0.05) is 37.7 Å². The number of benzene rings is 2. The number of nitrogens with one attached hydrogen (secondary N) is 3. The molecule has 0 aliphatic heterocycles. The van der Waals surface area contributed by atoms with Crippen molar-refractivity contribution >= 4 is 29.3 Å². The lowest BCUT2D eigenvalue weighted by atomic mass is 9.81. The molecular weight excluding hydrogens is 538 g/mol. The number of rotatable bonds is 9. The number of anilines is 2. The van der Waals surface area contributed by atoms with Crippen molar-refractivity contribution in [1.82, 2.24) is 15.3 Å². The maximum atomic E-state index is 12.0. The summed E-state index contributed by atoms with van der Waals surface area (Å²) in [6.07, 6.45) is 5.38. The molecule has 8 N–H and O–H groups in total. The van der Waals surface area contributed by atoms with Crippen LogP contribution < -0.4 is 16.0 Å². The molecule has 0 radical (unpaired) electrons. The van der Waals surface area contributed by atoms with E-state index in [4.69, 9.17) is 9.97 Å². The molecule has 10 heteroatoms. The predicted molar refractivity (Wildman–Crippen MR) is 175 cm³/mol. The summed E-state index contributed by atoms with van der Waals surface area (Å²) in [4.78, 5) is 23.0. The highest BCUT2D eigenvalue weighted by molar-refractivity contribution is 8.00. The molecule has 0 spiro atoms. The molecule has 3 aromatic rings. The van der Waals surface area contributed by atoms with Crippen molar-refractivity contribution in [3.63, 3.8) is 0 Å². The van der Waals surface area contributed by atoms with Gasteiger partial charge in [-0.3, -0.25) is 0 Å². The van der Waals surface area contributed by atoms with Crippen LogP contribution in [0.2, 0.25) is 0 Å². The van der Waals surface area contributed by atoms with Gasteiger partial charge in [0.2, 0.25) is 0 Å². The zero-order valence-corrected chi connectivity index (χ0v) is 25.1. The van der Waals surface area contributed by atoms with Gasteiger partial charge in [-0.15, -0.1) is 24.9 Å². The number of nitrogens with zero attached hydrogens (tertiary/aromatic N) is 2. The summed E-state index contributed by atoms with van der Waals surface area (Å²) in [5.41, 5.74) is 3.86. The van der Waals surface area contributed by atoms with Gasteiger partial charge in [-0.2, -0.15) is 0 Å². The molecule has 9 nitrogen and oxygen atoms in total. The molecule has 2 fully saturated rings. The Morgan fingerprint density at radius 3 is 2.22 bits per heavy atom. The molecular formula is C31H49N5O4S. The fourth-order valence-corrected chi connectivity index (χ4v) is 5.53. The predicted octanol–water partition coefficient (Wildman–Crippen LogP) is 5.98. The molecule has 2 aromatic carbocycles. The standard InChI is InChI=1S/C27H31N5O2S.C2H6.C2H4.2H2O.2H2/c1-18-3-11-22(12-4-18)35-27(13-2-14-27)23-17-24(28-15-16-33)32-25(31-23)19-5-7-20(8-6-19)29-26(34)30-21-9-10-21;2*1-2;;;;/h3-8,11-12,17,21,33H,2,9-10,13-16H2,1H3,(H,28,31,32)(H2,29,30,34);1-2H3;1-2H2;2*1H2;2*1H. The van der Waals surface area contributed by atoms with Crippen LogP contribution >= 0.6 is 11.8 Å². The van der Waals surface area contributed by atoms with Gasteiger partial charge >= 0.3 is 6.03 Å². The number of hydrogen-bond acceptors (Lipinski definition) is 6. The lowest BCUT2D eigenvalue weighted by Gasteiger charge is -2.41. The summed E-state index contributed by atoms with van der Waals surface area (Å²) < 4.78 is -0.0923. The molecule has 5 rings (SSSR count). The molecule has 0 atom stereocenters. The van der Waals surface area contributed by atoms with Crippen molar-refractivity contribution in [2.24, 2.45) is 0 Å². The Morgan fingerprint density at radius 2 is 1.68 bits per heavy atom. The van der Waals surface area contributed by atoms with Gasteiger partial charge < -0.3 is 32.0 Å². The summed E-state index contributed by atoms with van der Waals surface area (Å²) in [5.74, 6) is 1.34. The molecule has 2 aliphatic carbocycles. The third kappa shape index (κ3) is 9.86. The van der Waals surface area contributed by atoms with E-state index in [1.807, 2.05) is 55.9 Å². The second-order valence-corrected chi connectivity index (χ2v) is 10.8. The summed E-state index contributed by atoms with van der Waals surface area (Å²) >= 11 is 1.87. The van der Waals surface area contributed by atoms with Crippen LogP contribution in [0.3, 0.4) is 0 Å². The van der Waals surface area contributed by atoms with Crippen molar-refractivity contribution in [3.8, 4) is 11.4 Å². The minimum absolute atomic E-state index is 0. The van der Waals surface area contributed by atoms with Crippen LogP contribution in [0.25, 0.3) is 11.4 Å². The Labute approximate surface area is 250 Å². The lowest BCUT2D eigenvalue weighted by molar-refractivity contribution is 0.251. The summed E-state index contributed by atoms with van der Waals surface area (Å²) in [5, 5.41) is 18.4. The topological polar surface area (TPSA) is 162 Å². The molecule has 2 amide bonds. The third-order valence-corrected chi connectivity index (χ3v) is 7.94. The first-order chi connectivity index (χ1) is 19.0. The summed E-state index contributed by atoms with van der Waals surface area (Å²) in [6.45, 7) is 12.6. The van der Waals surface area contributed by atoms with Crippen LogP contribution in [0.15, 0.2) is 72.7 Å². The first kappa shape index (κ1) is 35.6. The van der Waals surface area contributed by atoms with Gasteiger partial charge in [-0.25, -0.2) is 14.8 Å². The highest BCUT2D eigenvalue weighted by Gasteiger charge is 2.42. The van der Waals surface area contributed by atoms with Crippen molar-refractivity contribution < 1.29 is 23.7 Å². The van der Waals surface area contributed by atoms with Crippen LogP contribution in [0, 0.1) is 6.92 Å². The Hall–Kier alpha value is -3.44. The highest BCUT2D eigenvalue weighted by atomic mass is 32.2. The maximum Gasteiger partial charge on any atom is 0.319 e. The van der Waals surface area contributed by atoms with E-state index in [0.717, 1.165) is 42.6 Å². The van der Waals surface area contributed by atoms with Crippen molar-refractivity contribution in [3.05, 3.63) is 79.0 Å². The van der Waals surface area contributed by atoms with Crippen molar-refractivity contribution in [2.45, 2.75) is 68.6 Å². The number of urea groups is 1. The molecule has 0 saturated heterocycles. The fourth-order valence-electron chi connectivity index (χ4n) is 4.11. The number of aromatic nitrogens is 2. The van der Waals surface area contributed by atoms with E-state index in [1.54, 1.807) is 0 Å². The monoisotopic (exact) mass is 587 g/mol. The maximum absolute atomic E-state index is 12.0. The quantitative estimate of drug-likeness (QED) is 0.225. The number of amides is 2. The summed E-state index contributed by atoms with van der Waals surface area (Å²) in [6, 6.07) is 18.4. The van der Waals surface area contributed by atoms with E-state index in [2.05, 4.69) is 60.3 Å². The average molecular weight is 588 g/mol. The van der Waals surface area contributed by atoms with Gasteiger partial charge in [0.25, 0.3) is 0 Å². The van der Waals surface area contributed by atoms with Gasteiger partial charge in [0.05, 0.1) is 17.0 Å². The first-order valence-corrected chi connectivity index (χ1v) is 14.5. The number of thioether (sulfide) groups is 1. The molecule has 1 aromatic heterocycles. The van der Waals surface area contributed by atoms with Gasteiger partial charge in [-0.05, 0) is 75.4 Å². The number of aryl methyl sites for hydroxylation is 1. The van der Waals surface area contributed by atoms with E-state index < -0.39 is 0 Å². The largest absolute Gasteiger partial charge is 0.412 e. The average Bonchev–Trinajstić information content (AvgIpc) is 3.77. The molecule has 2 saturated carbocycles. The number of carbonyl (C=O) groups is 1. The summed E-state index contributed by atoms with van der Waals surface area (Å²) in [7, 11) is 0. The molecule has 41 heavy (non-hydrogen) atoms. The smallest absolute Gasteiger partial charge is 0.319 e. The van der Waals surface area contributed by atoms with Crippen LogP contribution in [0.5, 0.6) is 0 Å². The van der Waals surface area contributed by atoms with Crippen LogP contribution in [-0.2, 0) is 4.75 Å². The molecule has 0 unspecified atom stereocenters. The second kappa shape index (κ2) is 17.4. The highest BCUT2D eigenvalue weighted by Crippen LogP contribution is 2.55. The van der Waals surface area contributed by atoms with E-state index in [0.29, 0.717) is 24.2 Å². The zero-order chi connectivity index (χ0) is 28.3. The van der Waals surface area contributed by atoms with Crippen LogP contribution in [0.4, 0.5) is 16.3 Å². The molecule has 0 bridgehead atoms. The van der Waals surface area contributed by atoms with E-state index >= 15 is 0 Å². The number of aliphatic hydroxyl groups is 1. The van der Waals surface area contributed by atoms with Gasteiger partial charge in [0.1, 0.15) is 5.82 Å². The second-order valence-electron chi connectivity index (χ2n) is 9.33. The van der Waals surface area contributed by atoms with Crippen LogP contribution in [-0.4, -0.2) is 51.3 Å². The first-order valence-electron chi connectivity index (χ1n) is 13.7. The number of hydrogen-bond donors (Lipinski definition) is 4. The van der Waals surface area contributed by atoms with Crippen molar-refractivity contribution in [1.29, 1.82) is 0 Å². The van der Waals surface area contributed by atoms with Crippen molar-refractivity contribution in [2.75, 3.05) is 23.8 Å². The van der Waals surface area contributed by atoms with E-state index in [1.165, 1.54) is 16.9 Å². The Kier molecular flexibility index (Phi) is 15.1. The molecule has 1 heterocycles. The van der Waals surface area contributed by atoms with Crippen LogP contribution in [0.1, 0.15) is 60.1 Å². The molecule has 228 valence electrons. The minimum atomic E-state index is -0.172. The van der Waals surface area contributed by atoms with Gasteiger partial charge in [-0.1, -0.05) is 31.5 Å². The Balaban J connectivity index is 0. The third-order valence-electron chi connectivity index (χ3n) is 6.42. The van der Waals surface area contributed by atoms with E-state index in [-0.39, 0.29) is 31.2 Å². The van der Waals surface area contributed by atoms with E-state index in [9.17, 15) is 9.90 Å². The fraction of sp³-hybridized carbons (Fsp3) is 0.387. The van der Waals surface area contributed by atoms with Gasteiger partial charge in [0.15, 0.2) is 5.82 Å². The lowest BCUT2D eigenvalue weighted by Crippen LogP contribution is -2.32. The minimum Gasteiger partial charge on any atom is -0.412 e. The Morgan fingerprint density at radius 1 is 1.05 bits per heavy atom. The normalized spacial score (nSPS) is 14.1. The SMILES string of the molecule is C=C.CC.Cc1ccc(SC2(c3cc(NCCO)nc(-c4ccc(NC(=O)NC5CC5)cc4)n3)CCC2)cc1.O.O.[HH].[HH]. The number of aliphatic hydroxyl groups excluding tert-OH is 1. The Bertz CT molecular complexity index is 1210. The number of carbonyl (C=O) groups excluding carboxylic acids is 1. The molecule has 2 aliphatic rings. The zero-order valence-electron chi connectivity index (χ0n) is 24.3.